The molecule has 7 heteroatoms. The van der Waals surface area contributed by atoms with Crippen molar-refractivity contribution in [3.05, 3.63) is 29.6 Å². The van der Waals surface area contributed by atoms with Crippen LogP contribution in [0.3, 0.4) is 0 Å². The molecule has 1 aromatic carbocycles. The third-order valence-electron chi connectivity index (χ3n) is 4.03. The summed E-state index contributed by atoms with van der Waals surface area (Å²) in [6.07, 6.45) is 6.24. The van der Waals surface area contributed by atoms with Crippen molar-refractivity contribution < 1.29 is 17.9 Å². The van der Waals surface area contributed by atoms with Gasteiger partial charge in [-0.05, 0) is 37.3 Å². The highest BCUT2D eigenvalue weighted by Gasteiger charge is 2.34. The van der Waals surface area contributed by atoms with Crippen LogP contribution in [-0.2, 0) is 16.6 Å². The molecule has 2 rings (SSSR count). The number of hydrogen-bond acceptors (Lipinski definition) is 4. The second kappa shape index (κ2) is 6.64. The number of nitrogens with one attached hydrogen (secondary N) is 1. The van der Waals surface area contributed by atoms with E-state index in [1.165, 1.54) is 12.1 Å². The number of halogens is 1. The van der Waals surface area contributed by atoms with Crippen molar-refractivity contribution in [2.45, 2.75) is 41.9 Å². The van der Waals surface area contributed by atoms with Crippen LogP contribution in [0, 0.1) is 5.82 Å². The van der Waals surface area contributed by atoms with Gasteiger partial charge in [0.25, 0.3) is 0 Å². The monoisotopic (exact) mass is 333 g/mol. The standard InChI is InChI=1S/C14H20FNO3S2/c1-20-14(6-2-3-7-14)10-16-21(18,19)12-4-5-13(15)11(8-12)9-17/h4-5,8,16-17H,2-3,6-7,9-10H2,1H3. The molecule has 0 aromatic heterocycles. The van der Waals surface area contributed by atoms with Crippen LogP contribution in [0.5, 0.6) is 0 Å². The molecule has 1 fully saturated rings. The smallest absolute Gasteiger partial charge is 0.240 e. The second-order valence-corrected chi connectivity index (χ2v) is 8.37. The van der Waals surface area contributed by atoms with Gasteiger partial charge >= 0.3 is 0 Å². The second-order valence-electron chi connectivity index (χ2n) is 5.33. The van der Waals surface area contributed by atoms with Gasteiger partial charge in [0.15, 0.2) is 0 Å². The van der Waals surface area contributed by atoms with Gasteiger partial charge in [-0.3, -0.25) is 0 Å². The van der Waals surface area contributed by atoms with Gasteiger partial charge < -0.3 is 5.11 Å². The lowest BCUT2D eigenvalue weighted by Gasteiger charge is -2.26. The highest BCUT2D eigenvalue weighted by molar-refractivity contribution is 8.00. The fraction of sp³-hybridized carbons (Fsp3) is 0.571. The molecule has 0 bridgehead atoms. The molecule has 0 saturated heterocycles. The van der Waals surface area contributed by atoms with E-state index >= 15 is 0 Å². The molecule has 118 valence electrons. The van der Waals surface area contributed by atoms with Gasteiger partial charge in [0.1, 0.15) is 5.82 Å². The lowest BCUT2D eigenvalue weighted by atomic mass is 10.1. The number of aliphatic hydroxyl groups is 1. The molecule has 0 atom stereocenters. The Morgan fingerprint density at radius 2 is 2.05 bits per heavy atom. The van der Waals surface area contributed by atoms with Crippen molar-refractivity contribution >= 4 is 21.8 Å². The van der Waals surface area contributed by atoms with E-state index in [0.29, 0.717) is 6.54 Å². The lowest BCUT2D eigenvalue weighted by Crippen LogP contribution is -2.38. The molecule has 0 radical (unpaired) electrons. The van der Waals surface area contributed by atoms with Crippen molar-refractivity contribution in [1.29, 1.82) is 0 Å². The molecular weight excluding hydrogens is 313 g/mol. The number of sulfonamides is 1. The predicted molar refractivity (Wildman–Crippen MR) is 82.2 cm³/mol. The Hall–Kier alpha value is -0.630. The number of thioether (sulfide) groups is 1. The predicted octanol–water partition coefficient (Wildman–Crippen LogP) is 2.27. The first kappa shape index (κ1) is 16.7. The van der Waals surface area contributed by atoms with Crippen molar-refractivity contribution in [3.8, 4) is 0 Å². The molecule has 1 saturated carbocycles. The molecule has 0 heterocycles. The zero-order valence-electron chi connectivity index (χ0n) is 11.9. The first-order valence-electron chi connectivity index (χ1n) is 6.86. The van der Waals surface area contributed by atoms with Crippen LogP contribution in [0.1, 0.15) is 31.2 Å². The summed E-state index contributed by atoms with van der Waals surface area (Å²) in [5.41, 5.74) is -0.0154. The summed E-state index contributed by atoms with van der Waals surface area (Å²) in [6.45, 7) is -0.147. The Bertz CT molecular complexity index is 598. The van der Waals surface area contributed by atoms with Crippen LogP contribution in [0.25, 0.3) is 0 Å². The molecule has 0 unspecified atom stereocenters. The summed E-state index contributed by atoms with van der Waals surface area (Å²) in [4.78, 5) is -0.0119. The number of benzene rings is 1. The molecule has 1 aliphatic carbocycles. The summed E-state index contributed by atoms with van der Waals surface area (Å²) >= 11 is 1.70. The number of hydrogen-bond donors (Lipinski definition) is 2. The van der Waals surface area contributed by atoms with E-state index in [1.54, 1.807) is 11.8 Å². The van der Waals surface area contributed by atoms with Crippen LogP contribution >= 0.6 is 11.8 Å². The average molecular weight is 333 g/mol. The molecule has 1 aliphatic rings. The fourth-order valence-corrected chi connectivity index (χ4v) is 4.80. The third-order valence-corrected chi connectivity index (χ3v) is 6.85. The molecule has 4 nitrogen and oxygen atoms in total. The Balaban J connectivity index is 2.15. The van der Waals surface area contributed by atoms with E-state index in [9.17, 15) is 12.8 Å². The summed E-state index contributed by atoms with van der Waals surface area (Å²) in [5.74, 6) is -0.604. The minimum Gasteiger partial charge on any atom is -0.392 e. The largest absolute Gasteiger partial charge is 0.392 e. The molecule has 0 aliphatic heterocycles. The molecule has 1 aromatic rings. The summed E-state index contributed by atoms with van der Waals surface area (Å²) in [6, 6.07) is 3.47. The number of aliphatic hydroxyl groups excluding tert-OH is 1. The quantitative estimate of drug-likeness (QED) is 0.838. The van der Waals surface area contributed by atoms with Crippen LogP contribution in [0.15, 0.2) is 23.1 Å². The highest BCUT2D eigenvalue weighted by atomic mass is 32.2. The van der Waals surface area contributed by atoms with Crippen molar-refractivity contribution in [1.82, 2.24) is 4.72 Å². The SMILES string of the molecule is CSC1(CNS(=O)(=O)c2ccc(F)c(CO)c2)CCCC1. The van der Waals surface area contributed by atoms with Gasteiger partial charge in [0.05, 0.1) is 11.5 Å². The molecule has 2 N–H and O–H groups in total. The first-order chi connectivity index (χ1) is 9.92. The third kappa shape index (κ3) is 3.77. The van der Waals surface area contributed by atoms with Crippen LogP contribution in [0.2, 0.25) is 0 Å². The highest BCUT2D eigenvalue weighted by Crippen LogP contribution is 2.39. The molecular formula is C14H20FNO3S2. The van der Waals surface area contributed by atoms with Gasteiger partial charge in [-0.15, -0.1) is 0 Å². The Morgan fingerprint density at radius 1 is 1.38 bits per heavy atom. The first-order valence-corrected chi connectivity index (χ1v) is 9.57. The molecule has 0 amide bonds. The topological polar surface area (TPSA) is 66.4 Å². The van der Waals surface area contributed by atoms with E-state index in [-0.39, 0.29) is 15.2 Å². The van der Waals surface area contributed by atoms with E-state index in [0.717, 1.165) is 31.7 Å². The fourth-order valence-electron chi connectivity index (χ4n) is 2.62. The van der Waals surface area contributed by atoms with E-state index in [1.807, 2.05) is 6.26 Å². The van der Waals surface area contributed by atoms with E-state index < -0.39 is 22.4 Å². The van der Waals surface area contributed by atoms with Crippen molar-refractivity contribution in [2.24, 2.45) is 0 Å². The lowest BCUT2D eigenvalue weighted by molar-refractivity contribution is 0.275. The average Bonchev–Trinajstić information content (AvgIpc) is 2.95. The Kier molecular flexibility index (Phi) is 5.29. The van der Waals surface area contributed by atoms with Gasteiger partial charge in [-0.25, -0.2) is 17.5 Å². The Labute approximate surface area is 129 Å². The number of rotatable bonds is 6. The van der Waals surface area contributed by atoms with Gasteiger partial charge in [-0.2, -0.15) is 11.8 Å². The maximum absolute atomic E-state index is 13.3. The Morgan fingerprint density at radius 3 is 2.62 bits per heavy atom. The maximum atomic E-state index is 13.3. The van der Waals surface area contributed by atoms with Gasteiger partial charge in [0, 0.05) is 16.9 Å². The van der Waals surface area contributed by atoms with Crippen LogP contribution in [0.4, 0.5) is 4.39 Å². The molecule has 21 heavy (non-hydrogen) atoms. The normalized spacial score (nSPS) is 18.0. The van der Waals surface area contributed by atoms with Crippen molar-refractivity contribution in [2.75, 3.05) is 12.8 Å². The molecule has 0 spiro atoms. The van der Waals surface area contributed by atoms with Crippen LogP contribution < -0.4 is 4.72 Å². The minimum atomic E-state index is -3.69. The van der Waals surface area contributed by atoms with Crippen LogP contribution in [-0.4, -0.2) is 31.1 Å². The zero-order valence-corrected chi connectivity index (χ0v) is 13.6. The minimum absolute atomic E-state index is 0.0119. The van der Waals surface area contributed by atoms with E-state index in [2.05, 4.69) is 4.72 Å². The summed E-state index contributed by atoms with van der Waals surface area (Å²) in [5, 5.41) is 9.03. The van der Waals surface area contributed by atoms with Gasteiger partial charge in [0.2, 0.25) is 10.0 Å². The maximum Gasteiger partial charge on any atom is 0.240 e. The summed E-state index contributed by atoms with van der Waals surface area (Å²) in [7, 11) is -3.69. The van der Waals surface area contributed by atoms with Crippen molar-refractivity contribution in [3.63, 3.8) is 0 Å². The van der Waals surface area contributed by atoms with E-state index in [4.69, 9.17) is 5.11 Å². The van der Waals surface area contributed by atoms with Gasteiger partial charge in [-0.1, -0.05) is 12.8 Å². The zero-order chi connectivity index (χ0) is 15.5. The summed E-state index contributed by atoms with van der Waals surface area (Å²) < 4.78 is 40.5.